The number of piperazine rings is 1. The molecule has 1 saturated heterocycles. The summed E-state index contributed by atoms with van der Waals surface area (Å²) < 4.78 is 0. The minimum atomic E-state index is -0.269. The Labute approximate surface area is 157 Å². The smallest absolute Gasteiger partial charge is 0.270 e. The van der Waals surface area contributed by atoms with E-state index < -0.39 is 0 Å². The van der Waals surface area contributed by atoms with E-state index in [2.05, 4.69) is 17.1 Å². The second kappa shape index (κ2) is 8.78. The second-order valence-corrected chi connectivity index (χ2v) is 7.10. The molecule has 1 N–H and O–H groups in total. The Morgan fingerprint density at radius 2 is 1.81 bits per heavy atom. The summed E-state index contributed by atoms with van der Waals surface area (Å²) in [4.78, 5) is 30.6. The van der Waals surface area contributed by atoms with Crippen molar-refractivity contribution in [2.75, 3.05) is 32.7 Å². The van der Waals surface area contributed by atoms with Crippen LogP contribution >= 0.6 is 11.3 Å². The van der Waals surface area contributed by atoms with Crippen LogP contribution in [0.5, 0.6) is 0 Å². The molecule has 0 radical (unpaired) electrons. The van der Waals surface area contributed by atoms with Crippen LogP contribution in [0.3, 0.4) is 0 Å². The molecule has 1 aromatic carbocycles. The molecule has 1 fully saturated rings. The van der Waals surface area contributed by atoms with Crippen molar-refractivity contribution in [3.63, 3.8) is 0 Å². The fraction of sp³-hybridized carbons (Fsp3) is 0.300. The van der Waals surface area contributed by atoms with Crippen molar-refractivity contribution in [2.24, 2.45) is 0 Å². The fourth-order valence-corrected chi connectivity index (χ4v) is 3.55. The molecule has 6 heteroatoms. The Bertz CT molecular complexity index is 764. The number of carbonyl (C=O) groups is 2. The van der Waals surface area contributed by atoms with Gasteiger partial charge in [-0.15, -0.1) is 11.3 Å². The third-order valence-corrected chi connectivity index (χ3v) is 5.27. The third kappa shape index (κ3) is 4.59. The van der Waals surface area contributed by atoms with Crippen molar-refractivity contribution in [3.8, 4) is 0 Å². The van der Waals surface area contributed by atoms with Gasteiger partial charge in [0.25, 0.3) is 11.8 Å². The highest BCUT2D eigenvalue weighted by atomic mass is 32.1. The van der Waals surface area contributed by atoms with Gasteiger partial charge in [0.1, 0.15) is 5.70 Å². The van der Waals surface area contributed by atoms with Gasteiger partial charge in [0.2, 0.25) is 0 Å². The predicted molar refractivity (Wildman–Crippen MR) is 105 cm³/mol. The number of likely N-dealkylation sites (N-methyl/N-ethyl adjacent to an activating group) is 1. The first-order valence-electron chi connectivity index (χ1n) is 8.80. The van der Waals surface area contributed by atoms with Crippen molar-refractivity contribution >= 4 is 29.2 Å². The summed E-state index contributed by atoms with van der Waals surface area (Å²) in [6.07, 6.45) is 1.76. The van der Waals surface area contributed by atoms with Crippen LogP contribution in [0.2, 0.25) is 0 Å². The molecule has 0 aliphatic carbocycles. The van der Waals surface area contributed by atoms with Crippen LogP contribution in [0.1, 0.15) is 22.2 Å². The van der Waals surface area contributed by atoms with Crippen LogP contribution in [0.25, 0.3) is 6.08 Å². The molecule has 1 aromatic heterocycles. The number of amides is 2. The van der Waals surface area contributed by atoms with Gasteiger partial charge in [-0.1, -0.05) is 31.2 Å². The number of nitrogens with zero attached hydrogens (tertiary/aromatic N) is 2. The number of nitrogens with one attached hydrogen (secondary N) is 1. The van der Waals surface area contributed by atoms with Crippen molar-refractivity contribution in [2.45, 2.75) is 6.92 Å². The Morgan fingerprint density at radius 3 is 2.42 bits per heavy atom. The van der Waals surface area contributed by atoms with Gasteiger partial charge >= 0.3 is 0 Å². The van der Waals surface area contributed by atoms with E-state index in [0.717, 1.165) is 24.5 Å². The molecule has 26 heavy (non-hydrogen) atoms. The number of rotatable bonds is 5. The molecule has 2 aromatic rings. The van der Waals surface area contributed by atoms with Crippen LogP contribution in [0.15, 0.2) is 53.5 Å². The van der Waals surface area contributed by atoms with Gasteiger partial charge in [-0.3, -0.25) is 9.59 Å². The lowest BCUT2D eigenvalue weighted by Crippen LogP contribution is -2.50. The zero-order chi connectivity index (χ0) is 18.4. The van der Waals surface area contributed by atoms with Gasteiger partial charge in [0, 0.05) is 36.6 Å². The highest BCUT2D eigenvalue weighted by Gasteiger charge is 2.24. The number of thiophene rings is 1. The van der Waals surface area contributed by atoms with Gasteiger partial charge in [0.15, 0.2) is 0 Å². The number of benzene rings is 1. The molecule has 1 aliphatic rings. The Kier molecular flexibility index (Phi) is 6.20. The summed E-state index contributed by atoms with van der Waals surface area (Å²) in [6.45, 7) is 6.19. The quantitative estimate of drug-likeness (QED) is 0.825. The third-order valence-electron chi connectivity index (χ3n) is 4.45. The first kappa shape index (κ1) is 18.4. The highest BCUT2D eigenvalue weighted by molar-refractivity contribution is 7.10. The van der Waals surface area contributed by atoms with Crippen molar-refractivity contribution in [1.29, 1.82) is 0 Å². The maximum absolute atomic E-state index is 13.0. The largest absolute Gasteiger partial charge is 0.335 e. The molecule has 0 bridgehead atoms. The van der Waals surface area contributed by atoms with Gasteiger partial charge in [-0.2, -0.15) is 0 Å². The molecule has 5 nitrogen and oxygen atoms in total. The van der Waals surface area contributed by atoms with E-state index in [1.54, 1.807) is 18.2 Å². The fourth-order valence-electron chi connectivity index (χ4n) is 2.89. The standard InChI is InChI=1S/C20H23N3O2S/c1-2-22-10-12-23(13-11-22)20(25)18(15-17-9-6-14-26-17)21-19(24)16-7-4-3-5-8-16/h3-9,14-15H,2,10-13H2,1H3,(H,21,24)/b18-15-. The molecule has 0 atom stereocenters. The molecule has 3 rings (SSSR count). The van der Waals surface area contributed by atoms with Crippen molar-refractivity contribution < 1.29 is 9.59 Å². The SMILES string of the molecule is CCN1CCN(C(=O)/C(=C/c2cccs2)NC(=O)c2ccccc2)CC1. The van der Waals surface area contributed by atoms with E-state index >= 15 is 0 Å². The van der Waals surface area contributed by atoms with E-state index in [9.17, 15) is 9.59 Å². The van der Waals surface area contributed by atoms with Crippen molar-refractivity contribution in [3.05, 3.63) is 64.0 Å². The minimum Gasteiger partial charge on any atom is -0.335 e. The van der Waals surface area contributed by atoms with Crippen LogP contribution in [-0.2, 0) is 4.79 Å². The van der Waals surface area contributed by atoms with Crippen LogP contribution < -0.4 is 5.32 Å². The molecule has 136 valence electrons. The van der Waals surface area contributed by atoms with Crippen LogP contribution in [0, 0.1) is 0 Å². The van der Waals surface area contributed by atoms with Gasteiger partial charge < -0.3 is 15.1 Å². The zero-order valence-electron chi connectivity index (χ0n) is 14.9. The zero-order valence-corrected chi connectivity index (χ0v) is 15.7. The molecule has 0 unspecified atom stereocenters. The Morgan fingerprint density at radius 1 is 1.08 bits per heavy atom. The predicted octanol–water partition coefficient (Wildman–Crippen LogP) is 2.68. The first-order chi connectivity index (χ1) is 12.7. The minimum absolute atomic E-state index is 0.126. The summed E-state index contributed by atoms with van der Waals surface area (Å²) in [5.74, 6) is -0.396. The number of hydrogen-bond acceptors (Lipinski definition) is 4. The van der Waals surface area contributed by atoms with Gasteiger partial charge in [-0.25, -0.2) is 0 Å². The lowest BCUT2D eigenvalue weighted by Gasteiger charge is -2.34. The lowest BCUT2D eigenvalue weighted by atomic mass is 10.2. The second-order valence-electron chi connectivity index (χ2n) is 6.12. The number of hydrogen-bond donors (Lipinski definition) is 1. The molecule has 1 aliphatic heterocycles. The maximum atomic E-state index is 13.0. The van der Waals surface area contributed by atoms with Gasteiger partial charge in [0.05, 0.1) is 0 Å². The summed E-state index contributed by atoms with van der Waals surface area (Å²) in [7, 11) is 0. The van der Waals surface area contributed by atoms with E-state index in [4.69, 9.17) is 0 Å². The lowest BCUT2D eigenvalue weighted by molar-refractivity contribution is -0.129. The first-order valence-corrected chi connectivity index (χ1v) is 9.68. The molecular weight excluding hydrogens is 346 g/mol. The molecule has 0 saturated carbocycles. The highest BCUT2D eigenvalue weighted by Crippen LogP contribution is 2.15. The monoisotopic (exact) mass is 369 g/mol. The normalized spacial score (nSPS) is 15.7. The van der Waals surface area contributed by atoms with E-state index in [-0.39, 0.29) is 11.8 Å². The molecule has 2 heterocycles. The van der Waals surface area contributed by atoms with Crippen LogP contribution in [0.4, 0.5) is 0 Å². The Balaban J connectivity index is 1.78. The summed E-state index contributed by atoms with van der Waals surface area (Å²) >= 11 is 1.54. The average Bonchev–Trinajstić information content (AvgIpc) is 3.21. The average molecular weight is 369 g/mol. The van der Waals surface area contributed by atoms with E-state index in [1.807, 2.05) is 40.6 Å². The number of carbonyl (C=O) groups excluding carboxylic acids is 2. The van der Waals surface area contributed by atoms with Gasteiger partial charge in [-0.05, 0) is 36.2 Å². The van der Waals surface area contributed by atoms with E-state index in [1.165, 1.54) is 11.3 Å². The molecular formula is C20H23N3O2S. The van der Waals surface area contributed by atoms with Crippen molar-refractivity contribution in [1.82, 2.24) is 15.1 Å². The Hall–Kier alpha value is -2.44. The topological polar surface area (TPSA) is 52.6 Å². The maximum Gasteiger partial charge on any atom is 0.270 e. The summed E-state index contributed by atoms with van der Waals surface area (Å²) in [6, 6.07) is 12.8. The van der Waals surface area contributed by atoms with E-state index in [0.29, 0.717) is 24.4 Å². The molecule has 0 spiro atoms. The molecule has 2 amide bonds. The summed E-state index contributed by atoms with van der Waals surface area (Å²) in [5, 5.41) is 4.77. The van der Waals surface area contributed by atoms with Crippen LogP contribution in [-0.4, -0.2) is 54.3 Å². The summed E-state index contributed by atoms with van der Waals surface area (Å²) in [5.41, 5.74) is 0.861.